The molecule has 1 N–H and O–H groups in total. The summed E-state index contributed by atoms with van der Waals surface area (Å²) in [6.07, 6.45) is 0.234. The van der Waals surface area contributed by atoms with Gasteiger partial charge in [-0.3, -0.25) is 4.79 Å². The van der Waals surface area contributed by atoms with E-state index in [9.17, 15) is 9.59 Å². The smallest absolute Gasteiger partial charge is 0.305 e. The third-order valence-electron chi connectivity index (χ3n) is 4.46. The van der Waals surface area contributed by atoms with Crippen molar-refractivity contribution in [2.24, 2.45) is 5.92 Å². The van der Waals surface area contributed by atoms with E-state index in [0.29, 0.717) is 6.61 Å². The van der Waals surface area contributed by atoms with Crippen LogP contribution in [-0.2, 0) is 9.53 Å². The van der Waals surface area contributed by atoms with Crippen LogP contribution in [0.5, 0.6) is 0 Å². The lowest BCUT2D eigenvalue weighted by Crippen LogP contribution is -2.63. The minimum absolute atomic E-state index is 0.152. The third kappa shape index (κ3) is 3.94. The molecule has 4 heteroatoms. The van der Waals surface area contributed by atoms with Gasteiger partial charge in [-0.05, 0) is 28.8 Å². The van der Waals surface area contributed by atoms with E-state index in [1.165, 1.54) is 0 Å². The van der Waals surface area contributed by atoms with E-state index in [2.05, 4.69) is 13.8 Å². The third-order valence-corrected chi connectivity index (χ3v) is 8.83. The van der Waals surface area contributed by atoms with Crippen LogP contribution in [-0.4, -0.2) is 25.7 Å². The molecule has 0 spiro atoms. The number of hydrogen-bond acceptors (Lipinski definition) is 3. The quantitative estimate of drug-likeness (QED) is 0.622. The van der Waals surface area contributed by atoms with Crippen molar-refractivity contribution in [3.8, 4) is 0 Å². The van der Waals surface area contributed by atoms with Crippen LogP contribution in [0.25, 0.3) is 0 Å². The minimum Gasteiger partial charge on any atom is -0.466 e. The van der Waals surface area contributed by atoms with Gasteiger partial charge in [0.1, 0.15) is 0 Å². The highest BCUT2D eigenvalue weighted by molar-refractivity contribution is 6.97. The zero-order chi connectivity index (χ0) is 17.6. The molecule has 0 aromatic heterocycles. The van der Waals surface area contributed by atoms with Crippen molar-refractivity contribution in [3.63, 3.8) is 0 Å². The van der Waals surface area contributed by atoms with Crippen molar-refractivity contribution in [1.29, 1.82) is 0 Å². The number of carbonyl (C=O) groups is 1. The summed E-state index contributed by atoms with van der Waals surface area (Å²) in [4.78, 5) is 24.1. The van der Waals surface area contributed by atoms with Gasteiger partial charge in [0.15, 0.2) is 0 Å². The second-order valence-corrected chi connectivity index (χ2v) is 9.79. The Balaban J connectivity index is 2.53. The largest absolute Gasteiger partial charge is 0.466 e. The average Bonchev–Trinajstić information content (AvgIpc) is 2.60. The van der Waals surface area contributed by atoms with Gasteiger partial charge in [0.2, 0.25) is 0 Å². The monoisotopic (exact) mass is 342 g/mol. The van der Waals surface area contributed by atoms with Gasteiger partial charge in [-0.1, -0.05) is 74.5 Å². The zero-order valence-corrected chi connectivity index (χ0v) is 15.6. The van der Waals surface area contributed by atoms with Crippen LogP contribution in [0.4, 0.5) is 0 Å². The first-order valence-corrected chi connectivity index (χ1v) is 10.5. The summed E-state index contributed by atoms with van der Waals surface area (Å²) in [6, 6.07) is 19.5. The zero-order valence-electron chi connectivity index (χ0n) is 14.6. The second kappa shape index (κ2) is 8.26. The number of esters is 1. The fourth-order valence-corrected chi connectivity index (χ4v) is 7.26. The highest BCUT2D eigenvalue weighted by Crippen LogP contribution is 2.32. The Kier molecular flexibility index (Phi) is 6.34. The van der Waals surface area contributed by atoms with Gasteiger partial charge in [0.25, 0.3) is 8.32 Å². The normalized spacial score (nSPS) is 12.9. The Morgan fingerprint density at radius 3 is 1.83 bits per heavy atom. The Bertz CT molecular complexity index is 601. The van der Waals surface area contributed by atoms with Gasteiger partial charge < -0.3 is 9.53 Å². The van der Waals surface area contributed by atoms with Crippen molar-refractivity contribution in [1.82, 2.24) is 0 Å². The van der Waals surface area contributed by atoms with E-state index < -0.39 is 8.32 Å². The molecular weight excluding hydrogens is 316 g/mol. The first kappa shape index (κ1) is 18.4. The van der Waals surface area contributed by atoms with Gasteiger partial charge in [-0.15, -0.1) is 0 Å². The topological polar surface area (TPSA) is 46.5 Å². The number of rotatable bonds is 7. The van der Waals surface area contributed by atoms with Crippen LogP contribution in [0.2, 0.25) is 5.54 Å². The fraction of sp³-hybridized carbons (Fsp3) is 0.350. The molecule has 24 heavy (non-hydrogen) atoms. The summed E-state index contributed by atoms with van der Waals surface area (Å²) < 4.78 is 5.16. The fourth-order valence-electron chi connectivity index (χ4n) is 3.24. The number of ether oxygens (including phenoxy) is 1. The number of carbonyl (C=O) groups excluding carboxylic acids is 1. The summed E-state index contributed by atoms with van der Waals surface area (Å²) in [5, 5.41) is 1.86. The van der Waals surface area contributed by atoms with E-state index in [1.54, 1.807) is 6.92 Å². The van der Waals surface area contributed by atoms with Gasteiger partial charge in [0.05, 0.1) is 6.61 Å². The van der Waals surface area contributed by atoms with E-state index in [1.807, 2.05) is 60.7 Å². The molecule has 0 heterocycles. The average molecular weight is 343 g/mol. The first-order valence-electron chi connectivity index (χ1n) is 8.49. The van der Waals surface area contributed by atoms with Crippen LogP contribution < -0.4 is 10.4 Å². The van der Waals surface area contributed by atoms with Gasteiger partial charge in [0, 0.05) is 6.42 Å². The predicted molar refractivity (Wildman–Crippen MR) is 100.0 cm³/mol. The van der Waals surface area contributed by atoms with Crippen molar-refractivity contribution in [3.05, 3.63) is 60.7 Å². The molecular formula is C20H26O3Si. The molecule has 128 valence electrons. The van der Waals surface area contributed by atoms with Crippen LogP contribution in [0.15, 0.2) is 60.7 Å². The molecule has 2 aromatic carbocycles. The molecule has 0 saturated heterocycles. The summed E-state index contributed by atoms with van der Waals surface area (Å²) in [5.41, 5.74) is -0.152. The molecule has 0 aliphatic rings. The Morgan fingerprint density at radius 2 is 1.46 bits per heavy atom. The maximum atomic E-state index is 12.2. The molecule has 0 amide bonds. The first-order chi connectivity index (χ1) is 11.5. The van der Waals surface area contributed by atoms with E-state index in [4.69, 9.17) is 4.74 Å². The molecule has 0 fully saturated rings. The summed E-state index contributed by atoms with van der Waals surface area (Å²) in [7, 11) is -3.09. The standard InChI is InChI=1S/C20H26O3Si/c1-4-23-20(21)15-19(16(2)3)24(22,17-11-7-5-8-12-17)18-13-9-6-10-14-18/h5-14,16,19,22H,4,15H2,1-3H3. The summed E-state index contributed by atoms with van der Waals surface area (Å²) in [5.74, 6) is -0.0829. The molecule has 2 aromatic rings. The lowest BCUT2D eigenvalue weighted by molar-refractivity contribution is -0.143. The van der Waals surface area contributed by atoms with Crippen LogP contribution in [0.1, 0.15) is 27.2 Å². The number of benzene rings is 2. The molecule has 2 rings (SSSR count). The van der Waals surface area contributed by atoms with Gasteiger partial charge in [-0.25, -0.2) is 0 Å². The summed E-state index contributed by atoms with van der Waals surface area (Å²) >= 11 is 0. The highest BCUT2D eigenvalue weighted by Gasteiger charge is 2.46. The molecule has 0 aliphatic carbocycles. The second-order valence-electron chi connectivity index (χ2n) is 6.36. The Morgan fingerprint density at radius 1 is 1.00 bits per heavy atom. The van der Waals surface area contributed by atoms with Crippen LogP contribution in [0, 0.1) is 5.92 Å². The van der Waals surface area contributed by atoms with Crippen molar-refractivity contribution >= 4 is 24.7 Å². The van der Waals surface area contributed by atoms with Gasteiger partial charge in [-0.2, -0.15) is 0 Å². The Hall–Kier alpha value is -1.91. The van der Waals surface area contributed by atoms with Crippen LogP contribution >= 0.6 is 0 Å². The van der Waals surface area contributed by atoms with Crippen molar-refractivity contribution in [2.75, 3.05) is 6.61 Å². The number of hydrogen-bond donors (Lipinski definition) is 1. The molecule has 1 atom stereocenters. The van der Waals surface area contributed by atoms with Gasteiger partial charge >= 0.3 is 5.97 Å². The molecule has 1 unspecified atom stereocenters. The van der Waals surface area contributed by atoms with Crippen LogP contribution in [0.3, 0.4) is 0 Å². The molecule has 0 saturated carbocycles. The van der Waals surface area contributed by atoms with E-state index in [-0.39, 0.29) is 23.8 Å². The SMILES string of the molecule is CCOC(=O)CC(C(C)C)[Si](O)(c1ccccc1)c1ccccc1. The predicted octanol–water partition coefficient (Wildman–Crippen LogP) is 2.72. The maximum absolute atomic E-state index is 12.2. The molecule has 0 radical (unpaired) electrons. The molecule has 0 aliphatic heterocycles. The maximum Gasteiger partial charge on any atom is 0.305 e. The molecule has 3 nitrogen and oxygen atoms in total. The Labute approximate surface area is 145 Å². The van der Waals surface area contributed by atoms with Crippen molar-refractivity contribution < 1.29 is 14.3 Å². The van der Waals surface area contributed by atoms with Crippen molar-refractivity contribution in [2.45, 2.75) is 32.7 Å². The highest BCUT2D eigenvalue weighted by atomic mass is 28.4. The lowest BCUT2D eigenvalue weighted by Gasteiger charge is -2.36. The molecule has 0 bridgehead atoms. The summed E-state index contributed by atoms with van der Waals surface area (Å²) in [6.45, 7) is 6.29. The minimum atomic E-state index is -3.09. The van der Waals surface area contributed by atoms with E-state index >= 15 is 0 Å². The van der Waals surface area contributed by atoms with E-state index in [0.717, 1.165) is 10.4 Å². The lowest BCUT2D eigenvalue weighted by atomic mass is 10.1.